The first-order valence-electron chi connectivity index (χ1n) is 9.37. The fraction of sp³-hybridized carbons (Fsp3) is 0.400. The smallest absolute Gasteiger partial charge is 0.254 e. The van der Waals surface area contributed by atoms with E-state index in [0.29, 0.717) is 22.8 Å². The lowest BCUT2D eigenvalue weighted by Crippen LogP contribution is -2.22. The minimum atomic E-state index is -3.18. The van der Waals surface area contributed by atoms with E-state index in [1.54, 1.807) is 29.1 Å². The fourth-order valence-electron chi connectivity index (χ4n) is 4.10. The lowest BCUT2D eigenvalue weighted by molar-refractivity contribution is 0.100. The van der Waals surface area contributed by atoms with Crippen molar-refractivity contribution in [3.63, 3.8) is 0 Å². The van der Waals surface area contributed by atoms with Gasteiger partial charge in [-0.1, -0.05) is 12.8 Å². The Kier molecular flexibility index (Phi) is 4.63. The predicted molar refractivity (Wildman–Crippen MR) is 106 cm³/mol. The monoisotopic (exact) mass is 398 g/mol. The van der Waals surface area contributed by atoms with Crippen LogP contribution in [0.15, 0.2) is 29.3 Å². The van der Waals surface area contributed by atoms with E-state index in [0.717, 1.165) is 31.2 Å². The van der Waals surface area contributed by atoms with Crippen molar-refractivity contribution in [1.82, 2.24) is 9.78 Å². The highest BCUT2D eigenvalue weighted by atomic mass is 32.2. The molecular formula is C20H22N4O3S. The molecule has 0 unspecified atom stereocenters. The Morgan fingerprint density at radius 2 is 2.11 bits per heavy atom. The number of carbonyl (C=O) groups excluding carboxylic acids is 1. The third-order valence-corrected chi connectivity index (χ3v) is 7.39. The molecule has 0 saturated heterocycles. The molecule has 0 spiro atoms. The number of amides is 1. The molecule has 28 heavy (non-hydrogen) atoms. The first kappa shape index (κ1) is 18.6. The lowest BCUT2D eigenvalue weighted by Gasteiger charge is -2.28. The third-order valence-electron chi connectivity index (χ3n) is 5.58. The van der Waals surface area contributed by atoms with Gasteiger partial charge in [-0.3, -0.25) is 9.48 Å². The maximum absolute atomic E-state index is 12.0. The van der Waals surface area contributed by atoms with Crippen LogP contribution in [-0.2, 0) is 16.3 Å². The van der Waals surface area contributed by atoms with E-state index in [2.05, 4.69) is 16.3 Å². The number of aromatic nitrogens is 2. The van der Waals surface area contributed by atoms with Crippen molar-refractivity contribution in [1.29, 1.82) is 0 Å². The van der Waals surface area contributed by atoms with E-state index >= 15 is 0 Å². The van der Waals surface area contributed by atoms with Gasteiger partial charge >= 0.3 is 0 Å². The van der Waals surface area contributed by atoms with Crippen LogP contribution in [0.25, 0.3) is 0 Å². The Morgan fingerprint density at radius 3 is 2.86 bits per heavy atom. The molecule has 1 aliphatic carbocycles. The number of sulfone groups is 1. The molecule has 1 saturated carbocycles. The minimum Gasteiger partial charge on any atom is -0.365 e. The third kappa shape index (κ3) is 3.27. The van der Waals surface area contributed by atoms with E-state index in [1.165, 1.54) is 0 Å². The van der Waals surface area contributed by atoms with Gasteiger partial charge in [-0.15, -0.1) is 12.3 Å². The maximum Gasteiger partial charge on any atom is 0.254 e. The Hall–Kier alpha value is -2.79. The van der Waals surface area contributed by atoms with Gasteiger partial charge < -0.3 is 11.1 Å². The van der Waals surface area contributed by atoms with Gasteiger partial charge in [0.25, 0.3) is 5.91 Å². The van der Waals surface area contributed by atoms with Gasteiger partial charge in [0, 0.05) is 17.8 Å². The van der Waals surface area contributed by atoms with Crippen molar-refractivity contribution in [2.24, 2.45) is 11.7 Å². The number of hydrogen-bond donors (Lipinski definition) is 2. The number of terminal acetylenes is 1. The normalized spacial score (nSPS) is 23.0. The van der Waals surface area contributed by atoms with Crippen LogP contribution in [0.4, 0.5) is 11.5 Å². The van der Waals surface area contributed by atoms with Crippen molar-refractivity contribution < 1.29 is 13.2 Å². The van der Waals surface area contributed by atoms with Crippen molar-refractivity contribution in [2.75, 3.05) is 11.1 Å². The molecule has 1 aromatic carbocycles. The quantitative estimate of drug-likeness (QED) is 0.769. The number of rotatable bonds is 4. The first-order valence-corrected chi connectivity index (χ1v) is 11.0. The molecule has 1 aliphatic heterocycles. The second-order valence-electron chi connectivity index (χ2n) is 7.38. The topological polar surface area (TPSA) is 107 Å². The molecule has 3 N–H and O–H groups in total. The molecule has 146 valence electrons. The summed E-state index contributed by atoms with van der Waals surface area (Å²) in [7, 11) is -3.18. The number of hydrogen-bond acceptors (Lipinski definition) is 5. The van der Waals surface area contributed by atoms with Gasteiger partial charge in [0.2, 0.25) is 0 Å². The number of anilines is 2. The van der Waals surface area contributed by atoms with Crippen LogP contribution in [0.1, 0.15) is 47.6 Å². The summed E-state index contributed by atoms with van der Waals surface area (Å²) in [6.07, 6.45) is 11.8. The van der Waals surface area contributed by atoms with Gasteiger partial charge in [0.05, 0.1) is 16.7 Å². The van der Waals surface area contributed by atoms with Crippen LogP contribution in [0.3, 0.4) is 0 Å². The minimum absolute atomic E-state index is 0.0394. The van der Waals surface area contributed by atoms with Crippen molar-refractivity contribution in [3.05, 3.63) is 35.5 Å². The Labute approximate surface area is 164 Å². The summed E-state index contributed by atoms with van der Waals surface area (Å²) in [6, 6.07) is 5.10. The van der Waals surface area contributed by atoms with Gasteiger partial charge in [0.1, 0.15) is 5.56 Å². The van der Waals surface area contributed by atoms with E-state index in [4.69, 9.17) is 12.2 Å². The van der Waals surface area contributed by atoms with Crippen LogP contribution in [-0.4, -0.2) is 29.9 Å². The SMILES string of the molecule is C#C[C@@H]1CCCC[C@H]1n1cc(C(N)=O)c(Nc2ccc3c(c2)CCS3(=O)=O)n1. The van der Waals surface area contributed by atoms with Crippen LogP contribution in [0.2, 0.25) is 0 Å². The average molecular weight is 398 g/mol. The average Bonchev–Trinajstić information content (AvgIpc) is 3.23. The second-order valence-corrected chi connectivity index (χ2v) is 9.45. The lowest BCUT2D eigenvalue weighted by atomic mass is 9.85. The molecule has 8 heteroatoms. The molecule has 4 rings (SSSR count). The van der Waals surface area contributed by atoms with Crippen molar-refractivity contribution in [2.45, 2.75) is 43.0 Å². The zero-order chi connectivity index (χ0) is 19.9. The molecule has 2 atom stereocenters. The molecule has 0 radical (unpaired) electrons. The highest BCUT2D eigenvalue weighted by Crippen LogP contribution is 2.35. The van der Waals surface area contributed by atoms with E-state index in [9.17, 15) is 13.2 Å². The molecule has 1 fully saturated rings. The molecule has 7 nitrogen and oxygen atoms in total. The fourth-order valence-corrected chi connectivity index (χ4v) is 5.65. The zero-order valence-corrected chi connectivity index (χ0v) is 16.2. The molecule has 2 aliphatic rings. The van der Waals surface area contributed by atoms with Gasteiger partial charge in [-0.2, -0.15) is 5.10 Å². The van der Waals surface area contributed by atoms with Gasteiger partial charge in [-0.25, -0.2) is 8.42 Å². The highest BCUT2D eigenvalue weighted by Gasteiger charge is 2.29. The van der Waals surface area contributed by atoms with Crippen LogP contribution in [0, 0.1) is 18.3 Å². The second kappa shape index (κ2) is 6.99. The summed E-state index contributed by atoms with van der Waals surface area (Å²) in [5.41, 5.74) is 7.27. The molecule has 0 bridgehead atoms. The zero-order valence-electron chi connectivity index (χ0n) is 15.4. The van der Waals surface area contributed by atoms with Crippen LogP contribution in [0.5, 0.6) is 0 Å². The van der Waals surface area contributed by atoms with Crippen LogP contribution < -0.4 is 11.1 Å². The Bertz CT molecular complexity index is 1080. The number of primary amides is 1. The summed E-state index contributed by atoms with van der Waals surface area (Å²) in [5, 5.41) is 7.69. The standard InChI is InChI=1S/C20H22N4O3S/c1-2-13-5-3-4-6-17(13)24-12-16(19(21)25)20(23-24)22-15-7-8-18-14(11-15)9-10-28(18,26)27/h1,7-8,11-13,17H,3-6,9-10H2,(H2,21,25)(H,22,23)/t13-,17-/m1/s1. The number of nitrogens with zero attached hydrogens (tertiary/aromatic N) is 2. The van der Waals surface area contributed by atoms with E-state index < -0.39 is 15.7 Å². The largest absolute Gasteiger partial charge is 0.365 e. The summed E-state index contributed by atoms with van der Waals surface area (Å²) < 4.78 is 25.7. The molecule has 1 amide bonds. The van der Waals surface area contributed by atoms with E-state index in [-0.39, 0.29) is 23.3 Å². The molecule has 2 heterocycles. The van der Waals surface area contributed by atoms with Gasteiger partial charge in [0.15, 0.2) is 15.7 Å². The molecular weight excluding hydrogens is 376 g/mol. The molecule has 2 aromatic rings. The Balaban J connectivity index is 1.66. The van der Waals surface area contributed by atoms with Crippen LogP contribution >= 0.6 is 0 Å². The summed E-state index contributed by atoms with van der Waals surface area (Å²) in [4.78, 5) is 12.3. The molecule has 1 aromatic heterocycles. The predicted octanol–water partition coefficient (Wildman–Crippen LogP) is 2.42. The first-order chi connectivity index (χ1) is 13.4. The number of benzene rings is 1. The van der Waals surface area contributed by atoms with E-state index in [1.807, 2.05) is 0 Å². The Morgan fingerprint density at radius 1 is 1.32 bits per heavy atom. The maximum atomic E-state index is 12.0. The number of carbonyl (C=O) groups is 1. The number of nitrogens with one attached hydrogen (secondary N) is 1. The summed E-state index contributed by atoms with van der Waals surface area (Å²) in [5.74, 6) is 2.82. The highest BCUT2D eigenvalue weighted by molar-refractivity contribution is 7.91. The number of fused-ring (bicyclic) bond motifs is 1. The summed E-state index contributed by atoms with van der Waals surface area (Å²) in [6.45, 7) is 0. The van der Waals surface area contributed by atoms with Crippen molar-refractivity contribution >= 4 is 27.2 Å². The summed E-state index contributed by atoms with van der Waals surface area (Å²) >= 11 is 0. The number of nitrogens with two attached hydrogens (primary N) is 1. The number of aryl methyl sites for hydroxylation is 1. The van der Waals surface area contributed by atoms with Crippen molar-refractivity contribution in [3.8, 4) is 12.3 Å². The van der Waals surface area contributed by atoms with Gasteiger partial charge in [-0.05, 0) is 43.0 Å².